The Bertz CT molecular complexity index is 615. The highest BCUT2D eigenvalue weighted by molar-refractivity contribution is 6.35. The standard InChI is InChI=1S/C14H12Cl2N2O2/c15-10-2-1-9(12(16)7-10)5-6-17-11-3-4-13(14(19)20)18-8-11/h1-4,7-8,17H,5-6H2,(H,19,20). The number of carboxylic acid groups (broad SMARTS) is 1. The number of aromatic carboxylic acids is 1. The number of rotatable bonds is 5. The van der Waals surface area contributed by atoms with E-state index < -0.39 is 5.97 Å². The molecule has 1 aromatic carbocycles. The molecule has 0 aliphatic carbocycles. The summed E-state index contributed by atoms with van der Waals surface area (Å²) in [7, 11) is 0. The van der Waals surface area contributed by atoms with Gasteiger partial charge in [-0.05, 0) is 36.2 Å². The number of anilines is 1. The quantitative estimate of drug-likeness (QED) is 0.883. The fourth-order valence-corrected chi connectivity index (χ4v) is 2.19. The molecule has 2 aromatic rings. The van der Waals surface area contributed by atoms with Crippen molar-refractivity contribution in [2.75, 3.05) is 11.9 Å². The first-order valence-corrected chi connectivity index (χ1v) is 6.69. The lowest BCUT2D eigenvalue weighted by molar-refractivity contribution is 0.0690. The molecule has 0 spiro atoms. The molecule has 0 saturated carbocycles. The van der Waals surface area contributed by atoms with E-state index in [0.717, 1.165) is 17.7 Å². The van der Waals surface area contributed by atoms with Crippen LogP contribution in [-0.2, 0) is 6.42 Å². The molecular weight excluding hydrogens is 299 g/mol. The predicted molar refractivity (Wildman–Crippen MR) is 79.9 cm³/mol. The molecule has 4 nitrogen and oxygen atoms in total. The second-order valence-electron chi connectivity index (χ2n) is 4.15. The molecule has 0 radical (unpaired) electrons. The fourth-order valence-electron chi connectivity index (χ4n) is 1.69. The van der Waals surface area contributed by atoms with E-state index in [1.807, 2.05) is 6.07 Å². The van der Waals surface area contributed by atoms with Gasteiger partial charge >= 0.3 is 5.97 Å². The van der Waals surface area contributed by atoms with E-state index in [9.17, 15) is 4.79 Å². The number of nitrogens with zero attached hydrogens (tertiary/aromatic N) is 1. The van der Waals surface area contributed by atoms with Crippen LogP contribution >= 0.6 is 23.2 Å². The summed E-state index contributed by atoms with van der Waals surface area (Å²) in [6, 6.07) is 8.53. The normalized spacial score (nSPS) is 10.3. The van der Waals surface area contributed by atoms with Gasteiger partial charge in [0.2, 0.25) is 0 Å². The zero-order valence-corrected chi connectivity index (χ0v) is 11.9. The van der Waals surface area contributed by atoms with Gasteiger partial charge in [0.05, 0.1) is 11.9 Å². The van der Waals surface area contributed by atoms with Crippen molar-refractivity contribution in [1.82, 2.24) is 4.98 Å². The van der Waals surface area contributed by atoms with Gasteiger partial charge in [-0.1, -0.05) is 29.3 Å². The van der Waals surface area contributed by atoms with Crippen LogP contribution in [0.25, 0.3) is 0 Å². The number of aromatic nitrogens is 1. The van der Waals surface area contributed by atoms with Crippen LogP contribution in [0.15, 0.2) is 36.5 Å². The van der Waals surface area contributed by atoms with Crippen molar-refractivity contribution in [3.8, 4) is 0 Å². The van der Waals surface area contributed by atoms with Gasteiger partial charge in [0.1, 0.15) is 5.69 Å². The molecule has 20 heavy (non-hydrogen) atoms. The van der Waals surface area contributed by atoms with Crippen molar-refractivity contribution < 1.29 is 9.90 Å². The molecule has 0 bridgehead atoms. The third-order valence-electron chi connectivity index (χ3n) is 2.72. The number of hydrogen-bond acceptors (Lipinski definition) is 3. The highest BCUT2D eigenvalue weighted by Gasteiger charge is 2.04. The van der Waals surface area contributed by atoms with Crippen molar-refractivity contribution >= 4 is 34.9 Å². The first-order chi connectivity index (χ1) is 9.56. The summed E-state index contributed by atoms with van der Waals surface area (Å²) >= 11 is 11.9. The fraction of sp³-hybridized carbons (Fsp3) is 0.143. The zero-order chi connectivity index (χ0) is 14.5. The Morgan fingerprint density at radius 3 is 2.65 bits per heavy atom. The molecule has 2 rings (SSSR count). The van der Waals surface area contributed by atoms with Gasteiger partial charge in [0.15, 0.2) is 0 Å². The van der Waals surface area contributed by atoms with Gasteiger partial charge in [-0.25, -0.2) is 9.78 Å². The van der Waals surface area contributed by atoms with E-state index in [1.165, 1.54) is 12.3 Å². The van der Waals surface area contributed by atoms with Gasteiger partial charge in [-0.2, -0.15) is 0 Å². The molecule has 0 fully saturated rings. The Labute approximate surface area is 126 Å². The highest BCUT2D eigenvalue weighted by Crippen LogP contribution is 2.21. The third kappa shape index (κ3) is 3.85. The summed E-state index contributed by atoms with van der Waals surface area (Å²) in [5.41, 5.74) is 1.79. The molecule has 0 atom stereocenters. The topological polar surface area (TPSA) is 62.2 Å². The first-order valence-electron chi connectivity index (χ1n) is 5.93. The van der Waals surface area contributed by atoms with Crippen LogP contribution in [0.2, 0.25) is 10.0 Å². The second-order valence-corrected chi connectivity index (χ2v) is 4.99. The van der Waals surface area contributed by atoms with Crippen molar-refractivity contribution in [3.63, 3.8) is 0 Å². The lowest BCUT2D eigenvalue weighted by atomic mass is 10.1. The summed E-state index contributed by atoms with van der Waals surface area (Å²) in [6.45, 7) is 0.662. The minimum atomic E-state index is -1.04. The number of carbonyl (C=O) groups is 1. The Kier molecular flexibility index (Phi) is 4.82. The SMILES string of the molecule is O=C(O)c1ccc(NCCc2ccc(Cl)cc2Cl)cn1. The molecule has 104 valence electrons. The largest absolute Gasteiger partial charge is 0.477 e. The van der Waals surface area contributed by atoms with Crippen LogP contribution in [-0.4, -0.2) is 22.6 Å². The van der Waals surface area contributed by atoms with Gasteiger partial charge in [-0.15, -0.1) is 0 Å². The van der Waals surface area contributed by atoms with Gasteiger partial charge in [0.25, 0.3) is 0 Å². The van der Waals surface area contributed by atoms with Crippen molar-refractivity contribution in [2.24, 2.45) is 0 Å². The molecule has 6 heteroatoms. The zero-order valence-electron chi connectivity index (χ0n) is 10.4. The Morgan fingerprint density at radius 1 is 1.25 bits per heavy atom. The summed E-state index contributed by atoms with van der Waals surface area (Å²) in [6.07, 6.45) is 2.23. The minimum Gasteiger partial charge on any atom is -0.477 e. The monoisotopic (exact) mass is 310 g/mol. The highest BCUT2D eigenvalue weighted by atomic mass is 35.5. The van der Waals surface area contributed by atoms with Gasteiger partial charge in [-0.3, -0.25) is 0 Å². The number of carboxylic acids is 1. The van der Waals surface area contributed by atoms with Crippen molar-refractivity contribution in [3.05, 3.63) is 57.8 Å². The Balaban J connectivity index is 1.91. The Hall–Kier alpha value is -1.78. The maximum atomic E-state index is 10.7. The number of benzene rings is 1. The van der Waals surface area contributed by atoms with E-state index >= 15 is 0 Å². The van der Waals surface area contributed by atoms with Crippen LogP contribution in [0.1, 0.15) is 16.1 Å². The van der Waals surface area contributed by atoms with E-state index in [-0.39, 0.29) is 5.69 Å². The second kappa shape index (κ2) is 6.59. The third-order valence-corrected chi connectivity index (χ3v) is 3.31. The van der Waals surface area contributed by atoms with Crippen LogP contribution in [0.3, 0.4) is 0 Å². The van der Waals surface area contributed by atoms with E-state index in [1.54, 1.807) is 18.2 Å². The average molecular weight is 311 g/mol. The van der Waals surface area contributed by atoms with Crippen LogP contribution in [0.5, 0.6) is 0 Å². The van der Waals surface area contributed by atoms with Crippen LogP contribution in [0, 0.1) is 0 Å². The molecule has 2 N–H and O–H groups in total. The molecule has 0 saturated heterocycles. The molecule has 0 amide bonds. The lowest BCUT2D eigenvalue weighted by Gasteiger charge is -2.08. The summed E-state index contributed by atoms with van der Waals surface area (Å²) in [4.78, 5) is 14.5. The summed E-state index contributed by atoms with van der Waals surface area (Å²) < 4.78 is 0. The summed E-state index contributed by atoms with van der Waals surface area (Å²) in [5, 5.41) is 13.1. The number of pyridine rings is 1. The molecule has 0 aliphatic rings. The number of halogens is 2. The summed E-state index contributed by atoms with van der Waals surface area (Å²) in [5.74, 6) is -1.04. The predicted octanol–water partition coefficient (Wildman–Crippen LogP) is 3.74. The van der Waals surface area contributed by atoms with Crippen molar-refractivity contribution in [1.29, 1.82) is 0 Å². The maximum absolute atomic E-state index is 10.7. The molecule has 1 aromatic heterocycles. The smallest absolute Gasteiger partial charge is 0.354 e. The molecular formula is C14H12Cl2N2O2. The van der Waals surface area contributed by atoms with Crippen LogP contribution < -0.4 is 5.32 Å². The lowest BCUT2D eigenvalue weighted by Crippen LogP contribution is -2.06. The number of hydrogen-bond donors (Lipinski definition) is 2. The minimum absolute atomic E-state index is 0.0243. The maximum Gasteiger partial charge on any atom is 0.354 e. The van der Waals surface area contributed by atoms with E-state index in [4.69, 9.17) is 28.3 Å². The average Bonchev–Trinajstić information content (AvgIpc) is 2.42. The van der Waals surface area contributed by atoms with Gasteiger partial charge < -0.3 is 10.4 Å². The van der Waals surface area contributed by atoms with E-state index in [0.29, 0.717) is 16.6 Å². The molecule has 0 aliphatic heterocycles. The van der Waals surface area contributed by atoms with Crippen LogP contribution in [0.4, 0.5) is 5.69 Å². The molecule has 1 heterocycles. The first kappa shape index (κ1) is 14.6. The molecule has 0 unspecified atom stereocenters. The Morgan fingerprint density at radius 2 is 2.05 bits per heavy atom. The van der Waals surface area contributed by atoms with Gasteiger partial charge in [0, 0.05) is 16.6 Å². The number of nitrogens with one attached hydrogen (secondary N) is 1. The van der Waals surface area contributed by atoms with Crippen molar-refractivity contribution in [2.45, 2.75) is 6.42 Å². The van der Waals surface area contributed by atoms with E-state index in [2.05, 4.69) is 10.3 Å².